The van der Waals surface area contributed by atoms with Gasteiger partial charge in [-0.2, -0.15) is 0 Å². The number of rotatable bonds is 2. The molecule has 4 heteroatoms. The Labute approximate surface area is 103 Å². The molecule has 0 aromatic heterocycles. The second-order valence-electron chi connectivity index (χ2n) is 3.84. The second kappa shape index (κ2) is 3.97. The monoisotopic (exact) mass is 262 g/mol. The molecule has 1 fully saturated rings. The summed E-state index contributed by atoms with van der Waals surface area (Å²) in [6, 6.07) is 3.33. The average molecular weight is 264 g/mol. The van der Waals surface area contributed by atoms with Crippen molar-refractivity contribution in [1.29, 1.82) is 0 Å². The highest BCUT2D eigenvalue weighted by atomic mass is 35.5. The van der Waals surface area contributed by atoms with Crippen LogP contribution in [0.2, 0.25) is 15.1 Å². The quantitative estimate of drug-likeness (QED) is 0.776. The summed E-state index contributed by atoms with van der Waals surface area (Å²) in [7, 11) is 0. The molecule has 15 heavy (non-hydrogen) atoms. The summed E-state index contributed by atoms with van der Waals surface area (Å²) in [4.78, 5) is 11.2. The van der Waals surface area contributed by atoms with Gasteiger partial charge in [0.1, 0.15) is 5.78 Å². The molecular weight excluding hydrogens is 254 g/mol. The molecule has 0 spiro atoms. The summed E-state index contributed by atoms with van der Waals surface area (Å²) < 4.78 is 0. The van der Waals surface area contributed by atoms with Gasteiger partial charge in [-0.1, -0.05) is 34.8 Å². The normalized spacial score (nSPS) is 24.0. The lowest BCUT2D eigenvalue weighted by atomic mass is 10.1. The zero-order valence-corrected chi connectivity index (χ0v) is 10.3. The number of carbonyl (C=O) groups is 1. The maximum atomic E-state index is 11.2. The Hall–Kier alpha value is -0.240. The first-order valence-corrected chi connectivity index (χ1v) is 5.79. The van der Waals surface area contributed by atoms with Crippen molar-refractivity contribution in [3.8, 4) is 0 Å². The van der Waals surface area contributed by atoms with Gasteiger partial charge in [0.15, 0.2) is 0 Å². The fourth-order valence-corrected chi connectivity index (χ4v) is 2.97. The van der Waals surface area contributed by atoms with Crippen LogP contribution < -0.4 is 0 Å². The molecule has 0 heterocycles. The van der Waals surface area contributed by atoms with Crippen LogP contribution >= 0.6 is 34.8 Å². The van der Waals surface area contributed by atoms with Crippen LogP contribution in [0.15, 0.2) is 12.1 Å². The van der Waals surface area contributed by atoms with Gasteiger partial charge >= 0.3 is 0 Å². The van der Waals surface area contributed by atoms with Crippen molar-refractivity contribution >= 4 is 40.6 Å². The van der Waals surface area contributed by atoms with Crippen LogP contribution in [0.1, 0.15) is 24.8 Å². The number of carbonyl (C=O) groups excluding carboxylic acids is 1. The van der Waals surface area contributed by atoms with Crippen LogP contribution in [-0.4, -0.2) is 5.78 Å². The molecule has 1 nitrogen and oxygen atoms in total. The molecule has 0 unspecified atom stereocenters. The Morgan fingerprint density at radius 1 is 1.27 bits per heavy atom. The SMILES string of the molecule is CC(=O)[C@@H]1C[C@H]1c1c(Cl)cc(Cl)cc1Cl. The third-order valence-corrected chi connectivity index (χ3v) is 3.57. The van der Waals surface area contributed by atoms with E-state index in [2.05, 4.69) is 0 Å². The largest absolute Gasteiger partial charge is 0.300 e. The van der Waals surface area contributed by atoms with Gasteiger partial charge in [0.05, 0.1) is 0 Å². The predicted octanol–water partition coefficient (Wildman–Crippen LogP) is 4.34. The Balaban J connectivity index is 2.34. The number of hydrogen-bond donors (Lipinski definition) is 0. The van der Waals surface area contributed by atoms with Crippen molar-refractivity contribution in [3.05, 3.63) is 32.8 Å². The molecule has 1 saturated carbocycles. The first-order chi connectivity index (χ1) is 7.00. The maximum absolute atomic E-state index is 11.2. The molecule has 0 radical (unpaired) electrons. The highest BCUT2D eigenvalue weighted by Gasteiger charge is 2.43. The molecule has 0 amide bonds. The number of halogens is 3. The van der Waals surface area contributed by atoms with E-state index < -0.39 is 0 Å². The number of Topliss-reactive ketones (excluding diaryl/α,β-unsaturated/α-hetero) is 1. The van der Waals surface area contributed by atoms with Gasteiger partial charge in [0.25, 0.3) is 0 Å². The highest BCUT2D eigenvalue weighted by molar-refractivity contribution is 6.39. The minimum Gasteiger partial charge on any atom is -0.300 e. The van der Waals surface area contributed by atoms with Crippen LogP contribution in [0, 0.1) is 5.92 Å². The third-order valence-electron chi connectivity index (χ3n) is 2.73. The smallest absolute Gasteiger partial charge is 0.133 e. The molecule has 80 valence electrons. The second-order valence-corrected chi connectivity index (χ2v) is 5.09. The van der Waals surface area contributed by atoms with Crippen molar-refractivity contribution in [2.75, 3.05) is 0 Å². The van der Waals surface area contributed by atoms with Crippen molar-refractivity contribution in [3.63, 3.8) is 0 Å². The zero-order chi connectivity index (χ0) is 11.2. The summed E-state index contributed by atoms with van der Waals surface area (Å²) in [6.07, 6.45) is 0.844. The molecule has 0 aliphatic heterocycles. The van der Waals surface area contributed by atoms with E-state index >= 15 is 0 Å². The Morgan fingerprint density at radius 2 is 1.80 bits per heavy atom. The highest BCUT2D eigenvalue weighted by Crippen LogP contribution is 2.52. The van der Waals surface area contributed by atoms with E-state index in [0.717, 1.165) is 12.0 Å². The first-order valence-electron chi connectivity index (χ1n) is 4.65. The Bertz CT molecular complexity index is 405. The van der Waals surface area contributed by atoms with Crippen molar-refractivity contribution in [1.82, 2.24) is 0 Å². The van der Waals surface area contributed by atoms with E-state index in [1.54, 1.807) is 19.1 Å². The van der Waals surface area contributed by atoms with Gasteiger partial charge in [0.2, 0.25) is 0 Å². The fourth-order valence-electron chi connectivity index (χ4n) is 1.87. The third kappa shape index (κ3) is 2.15. The maximum Gasteiger partial charge on any atom is 0.133 e. The van der Waals surface area contributed by atoms with Crippen LogP contribution in [0.4, 0.5) is 0 Å². The molecule has 2 atom stereocenters. The summed E-state index contributed by atoms with van der Waals surface area (Å²) in [5, 5.41) is 1.64. The molecule has 0 bridgehead atoms. The van der Waals surface area contributed by atoms with Gasteiger partial charge in [-0.05, 0) is 37.0 Å². The van der Waals surface area contributed by atoms with E-state index in [0.29, 0.717) is 15.1 Å². The van der Waals surface area contributed by atoms with Gasteiger partial charge in [0, 0.05) is 21.0 Å². The van der Waals surface area contributed by atoms with Crippen LogP contribution in [0.25, 0.3) is 0 Å². The Kier molecular flexibility index (Phi) is 2.98. The number of hydrogen-bond acceptors (Lipinski definition) is 1. The van der Waals surface area contributed by atoms with Crippen LogP contribution in [0.3, 0.4) is 0 Å². The topological polar surface area (TPSA) is 17.1 Å². The number of ketones is 1. The molecule has 1 aromatic rings. The molecular formula is C11H9Cl3O. The predicted molar refractivity (Wildman–Crippen MR) is 63.0 cm³/mol. The van der Waals surface area contributed by atoms with Gasteiger partial charge in [-0.15, -0.1) is 0 Å². The van der Waals surface area contributed by atoms with Gasteiger partial charge in [-0.25, -0.2) is 0 Å². The lowest BCUT2D eigenvalue weighted by Crippen LogP contribution is -1.96. The summed E-state index contributed by atoms with van der Waals surface area (Å²) in [6.45, 7) is 1.60. The molecule has 1 aliphatic carbocycles. The zero-order valence-electron chi connectivity index (χ0n) is 8.06. The molecule has 2 rings (SSSR count). The minimum atomic E-state index is 0.0844. The summed E-state index contributed by atoms with van der Waals surface area (Å²) in [5.74, 6) is 0.461. The van der Waals surface area contributed by atoms with E-state index in [1.807, 2.05) is 0 Å². The van der Waals surface area contributed by atoms with E-state index in [4.69, 9.17) is 34.8 Å². The standard InChI is InChI=1S/C11H9Cl3O/c1-5(15)7-4-8(7)11-9(13)2-6(12)3-10(11)14/h2-3,7-8H,4H2,1H3/t7-,8+/m0/s1. The molecule has 1 aromatic carbocycles. The van der Waals surface area contributed by atoms with Crippen molar-refractivity contribution in [2.45, 2.75) is 19.3 Å². The van der Waals surface area contributed by atoms with Gasteiger partial charge < -0.3 is 0 Å². The molecule has 0 saturated heterocycles. The molecule has 0 N–H and O–H groups in total. The van der Waals surface area contributed by atoms with E-state index in [1.165, 1.54) is 0 Å². The van der Waals surface area contributed by atoms with Crippen LogP contribution in [0.5, 0.6) is 0 Å². The van der Waals surface area contributed by atoms with E-state index in [9.17, 15) is 4.79 Å². The average Bonchev–Trinajstić information content (AvgIpc) is 2.81. The fraction of sp³-hybridized carbons (Fsp3) is 0.364. The van der Waals surface area contributed by atoms with Crippen molar-refractivity contribution in [2.24, 2.45) is 5.92 Å². The van der Waals surface area contributed by atoms with Gasteiger partial charge in [-0.3, -0.25) is 4.79 Å². The Morgan fingerprint density at radius 3 is 2.20 bits per heavy atom. The first kappa shape index (κ1) is 11.3. The summed E-state index contributed by atoms with van der Waals surface area (Å²) >= 11 is 17.9. The van der Waals surface area contributed by atoms with Crippen molar-refractivity contribution < 1.29 is 4.79 Å². The van der Waals surface area contributed by atoms with E-state index in [-0.39, 0.29) is 17.6 Å². The lowest BCUT2D eigenvalue weighted by molar-refractivity contribution is -0.118. The lowest BCUT2D eigenvalue weighted by Gasteiger charge is -2.06. The number of benzene rings is 1. The van der Waals surface area contributed by atoms with Crippen LogP contribution in [-0.2, 0) is 4.79 Å². The summed E-state index contributed by atoms with van der Waals surface area (Å²) in [5.41, 5.74) is 0.864. The molecule has 1 aliphatic rings. The minimum absolute atomic E-state index is 0.0844.